The summed E-state index contributed by atoms with van der Waals surface area (Å²) in [5.74, 6) is 0.185. The molecular weight excluding hydrogens is 272 g/mol. The Hall–Kier alpha value is -1.54. The minimum Gasteiger partial charge on any atom is -0.496 e. The van der Waals surface area contributed by atoms with Gasteiger partial charge in [0.25, 0.3) is 0 Å². The minimum atomic E-state index is -0.549. The third kappa shape index (κ3) is 2.97. The summed E-state index contributed by atoms with van der Waals surface area (Å²) in [6.07, 6.45) is 0. The second-order valence-corrected chi connectivity index (χ2v) is 4.10. The van der Waals surface area contributed by atoms with E-state index in [1.807, 2.05) is 18.2 Å². The number of halogens is 1. The standard InChI is InChI=1S/C11H11BrN2O2/c1-14(11(15)6-13)7-8-3-4-10(16-2)9(12)5-8/h3-5H,7H2,1-2H3. The lowest BCUT2D eigenvalue weighted by Gasteiger charge is -2.13. The lowest BCUT2D eigenvalue weighted by Crippen LogP contribution is -2.24. The van der Waals surface area contributed by atoms with E-state index in [-0.39, 0.29) is 0 Å². The van der Waals surface area contributed by atoms with Gasteiger partial charge in [-0.25, -0.2) is 0 Å². The monoisotopic (exact) mass is 282 g/mol. The molecule has 0 saturated heterocycles. The van der Waals surface area contributed by atoms with Crippen LogP contribution < -0.4 is 4.74 Å². The summed E-state index contributed by atoms with van der Waals surface area (Å²) in [7, 11) is 3.18. The van der Waals surface area contributed by atoms with Gasteiger partial charge in [-0.3, -0.25) is 4.79 Å². The van der Waals surface area contributed by atoms with Gasteiger partial charge in [-0.1, -0.05) is 6.07 Å². The number of methoxy groups -OCH3 is 1. The van der Waals surface area contributed by atoms with E-state index < -0.39 is 5.91 Å². The maximum atomic E-state index is 11.1. The first-order valence-electron chi connectivity index (χ1n) is 4.56. The summed E-state index contributed by atoms with van der Waals surface area (Å²) < 4.78 is 5.92. The van der Waals surface area contributed by atoms with Crippen LogP contribution in [0.5, 0.6) is 5.75 Å². The Balaban J connectivity index is 2.80. The fourth-order valence-electron chi connectivity index (χ4n) is 1.24. The van der Waals surface area contributed by atoms with E-state index in [0.29, 0.717) is 6.54 Å². The fourth-order valence-corrected chi connectivity index (χ4v) is 1.83. The first-order valence-corrected chi connectivity index (χ1v) is 5.35. The summed E-state index contributed by atoms with van der Waals surface area (Å²) in [5.41, 5.74) is 0.929. The van der Waals surface area contributed by atoms with Crippen molar-refractivity contribution in [3.63, 3.8) is 0 Å². The van der Waals surface area contributed by atoms with E-state index in [0.717, 1.165) is 15.8 Å². The number of carbonyl (C=O) groups excluding carboxylic acids is 1. The molecule has 84 valence electrons. The summed E-state index contributed by atoms with van der Waals surface area (Å²) in [4.78, 5) is 12.4. The first kappa shape index (κ1) is 12.5. The highest BCUT2D eigenvalue weighted by molar-refractivity contribution is 9.10. The van der Waals surface area contributed by atoms with Crippen LogP contribution in [0.15, 0.2) is 22.7 Å². The fraction of sp³-hybridized carbons (Fsp3) is 0.273. The Morgan fingerprint density at radius 2 is 2.31 bits per heavy atom. The van der Waals surface area contributed by atoms with Crippen LogP contribution in [0.2, 0.25) is 0 Å². The van der Waals surface area contributed by atoms with Crippen molar-refractivity contribution in [1.82, 2.24) is 4.90 Å². The number of nitrogens with zero attached hydrogens (tertiary/aromatic N) is 2. The van der Waals surface area contributed by atoms with Gasteiger partial charge < -0.3 is 9.64 Å². The van der Waals surface area contributed by atoms with Crippen molar-refractivity contribution in [2.75, 3.05) is 14.2 Å². The molecule has 0 atom stereocenters. The lowest BCUT2D eigenvalue weighted by molar-refractivity contribution is -0.124. The molecule has 1 amide bonds. The van der Waals surface area contributed by atoms with Crippen molar-refractivity contribution in [2.24, 2.45) is 0 Å². The van der Waals surface area contributed by atoms with Crippen LogP contribution in [0, 0.1) is 11.3 Å². The number of hydrogen-bond donors (Lipinski definition) is 0. The molecule has 0 fully saturated rings. The second-order valence-electron chi connectivity index (χ2n) is 3.24. The van der Waals surface area contributed by atoms with Crippen molar-refractivity contribution in [3.05, 3.63) is 28.2 Å². The van der Waals surface area contributed by atoms with Crippen molar-refractivity contribution in [3.8, 4) is 11.8 Å². The molecule has 1 aromatic rings. The predicted octanol–water partition coefficient (Wildman–Crippen LogP) is 1.94. The Bertz CT molecular complexity index is 440. The highest BCUT2D eigenvalue weighted by Gasteiger charge is 2.08. The molecule has 0 spiro atoms. The second kappa shape index (κ2) is 5.52. The predicted molar refractivity (Wildman–Crippen MR) is 62.8 cm³/mol. The minimum absolute atomic E-state index is 0.398. The molecule has 16 heavy (non-hydrogen) atoms. The number of nitriles is 1. The SMILES string of the molecule is COc1ccc(CN(C)C(=O)C#N)cc1Br. The van der Waals surface area contributed by atoms with Crippen molar-refractivity contribution < 1.29 is 9.53 Å². The molecular formula is C11H11BrN2O2. The number of hydrogen-bond acceptors (Lipinski definition) is 3. The van der Waals surface area contributed by atoms with Crippen molar-refractivity contribution in [1.29, 1.82) is 5.26 Å². The van der Waals surface area contributed by atoms with Gasteiger partial charge in [0.05, 0.1) is 11.6 Å². The van der Waals surface area contributed by atoms with Crippen LogP contribution >= 0.6 is 15.9 Å². The Labute approximate surface area is 103 Å². The van der Waals surface area contributed by atoms with Gasteiger partial charge in [-0.2, -0.15) is 5.26 Å². The quantitative estimate of drug-likeness (QED) is 0.796. The number of carbonyl (C=O) groups is 1. The largest absolute Gasteiger partial charge is 0.496 e. The molecule has 0 aliphatic heterocycles. The highest BCUT2D eigenvalue weighted by Crippen LogP contribution is 2.25. The van der Waals surface area contributed by atoms with Gasteiger partial charge in [0.15, 0.2) is 6.07 Å². The maximum absolute atomic E-state index is 11.1. The zero-order valence-corrected chi connectivity index (χ0v) is 10.6. The zero-order chi connectivity index (χ0) is 12.1. The summed E-state index contributed by atoms with van der Waals surface area (Å²) in [5, 5.41) is 8.45. The number of amides is 1. The topological polar surface area (TPSA) is 53.3 Å². The van der Waals surface area contributed by atoms with Crippen LogP contribution in [-0.4, -0.2) is 25.0 Å². The van der Waals surface area contributed by atoms with E-state index in [9.17, 15) is 4.79 Å². The molecule has 1 aromatic carbocycles. The van der Waals surface area contributed by atoms with E-state index in [1.54, 1.807) is 20.2 Å². The molecule has 0 saturated carbocycles. The Kier molecular flexibility index (Phi) is 4.32. The smallest absolute Gasteiger partial charge is 0.325 e. The number of ether oxygens (including phenoxy) is 1. The molecule has 0 aromatic heterocycles. The molecule has 0 bridgehead atoms. The number of benzene rings is 1. The van der Waals surface area contributed by atoms with Gasteiger partial charge in [-0.05, 0) is 33.6 Å². The van der Waals surface area contributed by atoms with Crippen LogP contribution in [0.3, 0.4) is 0 Å². The zero-order valence-electron chi connectivity index (χ0n) is 9.03. The third-order valence-corrected chi connectivity index (χ3v) is 2.70. The van der Waals surface area contributed by atoms with Gasteiger partial charge in [0.1, 0.15) is 5.75 Å². The third-order valence-electron chi connectivity index (χ3n) is 2.08. The van der Waals surface area contributed by atoms with Gasteiger partial charge in [0, 0.05) is 13.6 Å². The molecule has 0 N–H and O–H groups in total. The van der Waals surface area contributed by atoms with Gasteiger partial charge >= 0.3 is 5.91 Å². The molecule has 5 heteroatoms. The highest BCUT2D eigenvalue weighted by atomic mass is 79.9. The van der Waals surface area contributed by atoms with Crippen molar-refractivity contribution >= 4 is 21.8 Å². The summed E-state index contributed by atoms with van der Waals surface area (Å²) in [6.45, 7) is 0.398. The van der Waals surface area contributed by atoms with E-state index in [4.69, 9.17) is 10.00 Å². The molecule has 0 aliphatic rings. The summed E-state index contributed by atoms with van der Waals surface area (Å²) >= 11 is 3.36. The van der Waals surface area contributed by atoms with Gasteiger partial charge in [-0.15, -0.1) is 0 Å². The van der Waals surface area contributed by atoms with Crippen molar-refractivity contribution in [2.45, 2.75) is 6.54 Å². The van der Waals surface area contributed by atoms with Gasteiger partial charge in [0.2, 0.25) is 0 Å². The normalized spacial score (nSPS) is 9.38. The first-order chi connectivity index (χ1) is 7.58. The van der Waals surface area contributed by atoms with E-state index >= 15 is 0 Å². The Morgan fingerprint density at radius 3 is 2.81 bits per heavy atom. The molecule has 1 rings (SSSR count). The van der Waals surface area contributed by atoms with Crippen LogP contribution in [0.1, 0.15) is 5.56 Å². The molecule has 4 nitrogen and oxygen atoms in total. The Morgan fingerprint density at radius 1 is 1.62 bits per heavy atom. The van der Waals surface area contributed by atoms with E-state index in [1.165, 1.54) is 4.90 Å². The summed E-state index contributed by atoms with van der Waals surface area (Å²) in [6, 6.07) is 7.10. The van der Waals surface area contributed by atoms with Crippen LogP contribution in [0.25, 0.3) is 0 Å². The average molecular weight is 283 g/mol. The maximum Gasteiger partial charge on any atom is 0.325 e. The molecule has 0 aliphatic carbocycles. The van der Waals surface area contributed by atoms with Crippen LogP contribution in [-0.2, 0) is 11.3 Å². The molecule has 0 unspecified atom stereocenters. The molecule has 0 heterocycles. The molecule has 0 radical (unpaired) electrons. The lowest BCUT2D eigenvalue weighted by atomic mass is 10.2. The van der Waals surface area contributed by atoms with Crippen LogP contribution in [0.4, 0.5) is 0 Å². The van der Waals surface area contributed by atoms with E-state index in [2.05, 4.69) is 15.9 Å². The number of rotatable bonds is 3. The average Bonchev–Trinajstić information content (AvgIpc) is 2.28.